The number of hydrogen-bond acceptors (Lipinski definition) is 4. The number of aromatic amines is 1. The summed E-state index contributed by atoms with van der Waals surface area (Å²) in [6, 6.07) is 18.2. The maximum Gasteiger partial charge on any atom is 0.318 e. The lowest BCUT2D eigenvalue weighted by atomic mass is 9.89. The molecule has 1 aromatic heterocycles. The van der Waals surface area contributed by atoms with Gasteiger partial charge in [0.1, 0.15) is 11.9 Å². The van der Waals surface area contributed by atoms with Gasteiger partial charge in [-0.2, -0.15) is 0 Å². The Hall–Kier alpha value is -4.70. The van der Waals surface area contributed by atoms with Crippen molar-refractivity contribution in [2.45, 2.75) is 44.2 Å². The third kappa shape index (κ3) is 6.92. The molecule has 0 saturated carbocycles. The van der Waals surface area contributed by atoms with Crippen molar-refractivity contribution in [3.8, 4) is 0 Å². The molecule has 0 bridgehead atoms. The fourth-order valence-corrected chi connectivity index (χ4v) is 6.03. The highest BCUT2D eigenvalue weighted by Gasteiger charge is 2.33. The Labute approximate surface area is 256 Å². The quantitative estimate of drug-likeness (QED) is 0.212. The van der Waals surface area contributed by atoms with E-state index in [1.165, 1.54) is 12.1 Å². The fourth-order valence-electron chi connectivity index (χ4n) is 6.03. The number of hydrogen-bond donors (Lipinski definition) is 4. The van der Waals surface area contributed by atoms with Crippen molar-refractivity contribution in [1.29, 1.82) is 0 Å². The molecule has 4 amide bonds. The summed E-state index contributed by atoms with van der Waals surface area (Å²) in [5.41, 5.74) is 9.90. The molecule has 230 valence electrons. The minimum Gasteiger partial charge on any atom is -0.366 e. The second-order valence-corrected chi connectivity index (χ2v) is 11.8. The number of nitrogens with two attached hydrogens (primary N) is 1. The molecule has 2 heterocycles. The number of para-hydroxylation sites is 1. The number of fused-ring (bicyclic) bond motifs is 1. The third-order valence-electron chi connectivity index (χ3n) is 8.40. The molecule has 2 atom stereocenters. The van der Waals surface area contributed by atoms with Gasteiger partial charge >= 0.3 is 6.03 Å². The number of likely N-dealkylation sites (tertiary alicyclic amines) is 1. The molecular formula is C34H39FN6O3. The van der Waals surface area contributed by atoms with Crippen LogP contribution in [0.4, 0.5) is 14.9 Å². The van der Waals surface area contributed by atoms with E-state index in [1.54, 1.807) is 35.2 Å². The summed E-state index contributed by atoms with van der Waals surface area (Å²) >= 11 is 0. The molecule has 0 radical (unpaired) electrons. The Morgan fingerprint density at radius 1 is 1.05 bits per heavy atom. The largest absolute Gasteiger partial charge is 0.366 e. The van der Waals surface area contributed by atoms with E-state index < -0.39 is 23.8 Å². The maximum atomic E-state index is 14.0. The van der Waals surface area contributed by atoms with E-state index in [4.69, 9.17) is 5.73 Å². The third-order valence-corrected chi connectivity index (χ3v) is 8.40. The summed E-state index contributed by atoms with van der Waals surface area (Å²) in [5, 5.41) is 6.87. The van der Waals surface area contributed by atoms with Gasteiger partial charge in [-0.25, -0.2) is 9.18 Å². The highest BCUT2D eigenvalue weighted by atomic mass is 19.1. The first-order chi connectivity index (χ1) is 21.1. The number of benzene rings is 3. The predicted octanol–water partition coefficient (Wildman–Crippen LogP) is 5.17. The van der Waals surface area contributed by atoms with Crippen molar-refractivity contribution < 1.29 is 18.8 Å². The number of halogens is 1. The van der Waals surface area contributed by atoms with Crippen molar-refractivity contribution in [3.63, 3.8) is 0 Å². The van der Waals surface area contributed by atoms with Crippen LogP contribution in [0.25, 0.3) is 10.9 Å². The Kier molecular flexibility index (Phi) is 9.29. The molecular weight excluding hydrogens is 559 g/mol. The molecule has 1 fully saturated rings. The van der Waals surface area contributed by atoms with Gasteiger partial charge in [0.2, 0.25) is 5.91 Å². The van der Waals surface area contributed by atoms with Gasteiger partial charge in [0, 0.05) is 42.7 Å². The number of nitrogens with one attached hydrogen (secondary N) is 3. The lowest BCUT2D eigenvalue weighted by molar-refractivity contribution is -0.118. The van der Waals surface area contributed by atoms with Crippen LogP contribution in [0.15, 0.2) is 72.9 Å². The van der Waals surface area contributed by atoms with Gasteiger partial charge in [-0.3, -0.25) is 9.59 Å². The van der Waals surface area contributed by atoms with E-state index in [-0.39, 0.29) is 23.3 Å². The monoisotopic (exact) mass is 598 g/mol. The zero-order valence-electron chi connectivity index (χ0n) is 25.3. The maximum absolute atomic E-state index is 14.0. The van der Waals surface area contributed by atoms with E-state index in [0.29, 0.717) is 25.3 Å². The van der Waals surface area contributed by atoms with Crippen molar-refractivity contribution >= 4 is 34.4 Å². The fraction of sp³-hybridized carbons (Fsp3) is 0.324. The van der Waals surface area contributed by atoms with Crippen molar-refractivity contribution in [2.75, 3.05) is 32.5 Å². The molecule has 1 saturated heterocycles. The van der Waals surface area contributed by atoms with Gasteiger partial charge in [0.15, 0.2) is 0 Å². The SMILES string of the molecule is C[C@H](c1c[nH]c2ccccc12)[C@@H](NC(=O)N1CCC(c2ccc(F)cc2)CC1)C(=O)Nc1cc(CN(C)C)ccc1C(N)=O. The molecule has 4 aromatic rings. The number of carbonyl (C=O) groups excluding carboxylic acids is 3. The highest BCUT2D eigenvalue weighted by Crippen LogP contribution is 2.31. The van der Waals surface area contributed by atoms with Crippen LogP contribution in [0, 0.1) is 5.82 Å². The van der Waals surface area contributed by atoms with E-state index in [2.05, 4.69) is 15.6 Å². The molecule has 44 heavy (non-hydrogen) atoms. The minimum atomic E-state index is -0.963. The number of aromatic nitrogens is 1. The molecule has 5 N–H and O–H groups in total. The van der Waals surface area contributed by atoms with Crippen molar-refractivity contribution in [2.24, 2.45) is 5.73 Å². The average molecular weight is 599 g/mol. The Bertz CT molecular complexity index is 1640. The summed E-state index contributed by atoms with van der Waals surface area (Å²) in [6.45, 7) is 3.50. The van der Waals surface area contributed by atoms with Crippen LogP contribution in [0.5, 0.6) is 0 Å². The van der Waals surface area contributed by atoms with Gasteiger partial charge in [-0.1, -0.05) is 43.3 Å². The number of carbonyl (C=O) groups is 3. The molecule has 1 aliphatic rings. The van der Waals surface area contributed by atoms with E-state index in [1.807, 2.05) is 56.4 Å². The smallest absolute Gasteiger partial charge is 0.318 e. The molecule has 10 heteroatoms. The van der Waals surface area contributed by atoms with E-state index in [0.717, 1.165) is 40.4 Å². The number of urea groups is 1. The first-order valence-electron chi connectivity index (χ1n) is 14.9. The van der Waals surface area contributed by atoms with Crippen LogP contribution in [0.1, 0.15) is 58.6 Å². The standard InChI is InChI=1S/C34H39FN6O3/c1-21(28-19-37-29-7-5-4-6-26(28)29)31(33(43)38-30-18-22(20-40(2)3)8-13-27(30)32(36)42)39-34(44)41-16-14-24(15-17-41)23-9-11-25(35)12-10-23/h4-13,18-19,21,24,31,37H,14-17,20H2,1-3H3,(H2,36,42)(H,38,43)(H,39,44)/t21-,31-/m1/s1. The summed E-state index contributed by atoms with van der Waals surface area (Å²) in [7, 11) is 3.86. The lowest BCUT2D eigenvalue weighted by Gasteiger charge is -2.34. The Balaban J connectivity index is 1.38. The van der Waals surface area contributed by atoms with E-state index in [9.17, 15) is 18.8 Å². The van der Waals surface area contributed by atoms with E-state index >= 15 is 0 Å². The number of rotatable bonds is 9. The summed E-state index contributed by atoms with van der Waals surface area (Å²) in [5.74, 6) is -1.58. The van der Waals surface area contributed by atoms with Crippen LogP contribution < -0.4 is 16.4 Å². The van der Waals surface area contributed by atoms with Gasteiger partial charge in [-0.15, -0.1) is 0 Å². The van der Waals surface area contributed by atoms with Gasteiger partial charge in [0.05, 0.1) is 11.3 Å². The Morgan fingerprint density at radius 2 is 1.75 bits per heavy atom. The average Bonchev–Trinajstić information content (AvgIpc) is 3.44. The van der Waals surface area contributed by atoms with Crippen LogP contribution >= 0.6 is 0 Å². The Morgan fingerprint density at radius 3 is 2.43 bits per heavy atom. The first kappa shape index (κ1) is 30.7. The zero-order valence-corrected chi connectivity index (χ0v) is 25.3. The van der Waals surface area contributed by atoms with Crippen molar-refractivity contribution in [1.82, 2.24) is 20.1 Å². The number of primary amides is 1. The normalized spacial score (nSPS) is 15.2. The number of piperidine rings is 1. The minimum absolute atomic E-state index is 0.188. The van der Waals surface area contributed by atoms with Crippen molar-refractivity contribution in [3.05, 3.63) is 101 Å². The van der Waals surface area contributed by atoms with Gasteiger partial charge < -0.3 is 31.2 Å². The lowest BCUT2D eigenvalue weighted by Crippen LogP contribution is -2.53. The highest BCUT2D eigenvalue weighted by molar-refractivity contribution is 6.05. The summed E-state index contributed by atoms with van der Waals surface area (Å²) in [6.07, 6.45) is 3.33. The second kappa shape index (κ2) is 13.3. The van der Waals surface area contributed by atoms with Crippen LogP contribution in [-0.4, -0.2) is 65.9 Å². The number of anilines is 1. The molecule has 0 aliphatic carbocycles. The van der Waals surface area contributed by atoms with Gasteiger partial charge in [0.25, 0.3) is 5.91 Å². The number of amides is 4. The number of H-pyrrole nitrogens is 1. The van der Waals surface area contributed by atoms with Crippen LogP contribution in [-0.2, 0) is 11.3 Å². The van der Waals surface area contributed by atoms with Gasteiger partial charge in [-0.05, 0) is 79.9 Å². The molecule has 0 spiro atoms. The summed E-state index contributed by atoms with van der Waals surface area (Å²) < 4.78 is 13.4. The molecule has 0 unspecified atom stereocenters. The summed E-state index contributed by atoms with van der Waals surface area (Å²) in [4.78, 5) is 46.9. The second-order valence-electron chi connectivity index (χ2n) is 11.8. The molecule has 5 rings (SSSR count). The molecule has 9 nitrogen and oxygen atoms in total. The van der Waals surface area contributed by atoms with Crippen LogP contribution in [0.2, 0.25) is 0 Å². The molecule has 3 aromatic carbocycles. The topological polar surface area (TPSA) is 124 Å². The first-order valence-corrected chi connectivity index (χ1v) is 14.9. The predicted molar refractivity (Wildman–Crippen MR) is 170 cm³/mol. The number of nitrogens with zero attached hydrogens (tertiary/aromatic N) is 2. The molecule has 1 aliphatic heterocycles. The zero-order chi connectivity index (χ0) is 31.4. The van der Waals surface area contributed by atoms with Crippen LogP contribution in [0.3, 0.4) is 0 Å².